The molecule has 1 N–H and O–H groups in total. The van der Waals surface area contributed by atoms with E-state index in [2.05, 4.69) is 24.4 Å². The molecular formula is C16H23NO3. The largest absolute Gasteiger partial charge is 0.454 e. The van der Waals surface area contributed by atoms with Crippen molar-refractivity contribution in [3.05, 3.63) is 23.8 Å². The van der Waals surface area contributed by atoms with Gasteiger partial charge in [0.25, 0.3) is 0 Å². The van der Waals surface area contributed by atoms with Crippen molar-refractivity contribution in [2.45, 2.75) is 32.2 Å². The van der Waals surface area contributed by atoms with Crippen molar-refractivity contribution in [3.63, 3.8) is 0 Å². The minimum Gasteiger partial charge on any atom is -0.454 e. The number of ether oxygens (including phenoxy) is 3. The van der Waals surface area contributed by atoms with Crippen LogP contribution in [0.4, 0.5) is 0 Å². The summed E-state index contributed by atoms with van der Waals surface area (Å²) in [6.07, 6.45) is 3.39. The lowest BCUT2D eigenvalue weighted by atomic mass is 10.0. The van der Waals surface area contributed by atoms with Crippen LogP contribution in [0.25, 0.3) is 0 Å². The van der Waals surface area contributed by atoms with Gasteiger partial charge in [-0.1, -0.05) is 6.07 Å². The molecule has 1 saturated heterocycles. The Morgan fingerprint density at radius 1 is 1.30 bits per heavy atom. The zero-order valence-corrected chi connectivity index (χ0v) is 12.1. The van der Waals surface area contributed by atoms with Gasteiger partial charge in [0.05, 0.1) is 6.61 Å². The second kappa shape index (κ2) is 6.46. The molecule has 4 nitrogen and oxygen atoms in total. The van der Waals surface area contributed by atoms with Crippen LogP contribution in [0.1, 0.15) is 25.3 Å². The molecule has 0 bridgehead atoms. The first-order valence-electron chi connectivity index (χ1n) is 7.51. The maximum absolute atomic E-state index is 5.41. The van der Waals surface area contributed by atoms with Crippen LogP contribution >= 0.6 is 0 Å². The Hall–Kier alpha value is -1.26. The molecule has 0 radical (unpaired) electrons. The topological polar surface area (TPSA) is 39.7 Å². The number of aryl methyl sites for hydroxylation is 1. The maximum Gasteiger partial charge on any atom is 0.231 e. The number of hydrogen-bond donors (Lipinski definition) is 1. The second-order valence-corrected chi connectivity index (χ2v) is 5.77. The minimum atomic E-state index is 0.347. The lowest BCUT2D eigenvalue weighted by Crippen LogP contribution is -2.31. The summed E-state index contributed by atoms with van der Waals surface area (Å²) in [7, 11) is 0. The minimum absolute atomic E-state index is 0.347. The third-order valence-electron chi connectivity index (χ3n) is 4.08. The fourth-order valence-corrected chi connectivity index (χ4v) is 2.69. The monoisotopic (exact) mass is 277 g/mol. The van der Waals surface area contributed by atoms with Gasteiger partial charge in [0, 0.05) is 19.2 Å². The van der Waals surface area contributed by atoms with E-state index < -0.39 is 0 Å². The summed E-state index contributed by atoms with van der Waals surface area (Å²) in [5.41, 5.74) is 1.31. The Bertz CT molecular complexity index is 443. The van der Waals surface area contributed by atoms with E-state index in [1.54, 1.807) is 0 Å². The fourth-order valence-electron chi connectivity index (χ4n) is 2.69. The van der Waals surface area contributed by atoms with Crippen LogP contribution in [0, 0.1) is 5.92 Å². The molecule has 1 fully saturated rings. The molecule has 0 aliphatic carbocycles. The van der Waals surface area contributed by atoms with Crippen molar-refractivity contribution < 1.29 is 14.2 Å². The van der Waals surface area contributed by atoms with Gasteiger partial charge in [-0.25, -0.2) is 0 Å². The highest BCUT2D eigenvalue weighted by atomic mass is 16.7. The van der Waals surface area contributed by atoms with E-state index in [9.17, 15) is 0 Å². The normalized spacial score (nSPS) is 22.1. The van der Waals surface area contributed by atoms with Gasteiger partial charge in [0.15, 0.2) is 11.5 Å². The van der Waals surface area contributed by atoms with Gasteiger partial charge < -0.3 is 19.5 Å². The van der Waals surface area contributed by atoms with Gasteiger partial charge in [0.2, 0.25) is 6.79 Å². The fraction of sp³-hybridized carbons (Fsp3) is 0.625. The van der Waals surface area contributed by atoms with Crippen LogP contribution in [-0.2, 0) is 11.2 Å². The van der Waals surface area contributed by atoms with Crippen LogP contribution in [0.5, 0.6) is 11.5 Å². The van der Waals surface area contributed by atoms with Crippen LogP contribution in [-0.4, -0.2) is 32.6 Å². The molecule has 3 rings (SSSR count). The smallest absolute Gasteiger partial charge is 0.231 e. The molecule has 2 unspecified atom stereocenters. The maximum atomic E-state index is 5.41. The molecular weight excluding hydrogens is 254 g/mol. The molecule has 2 heterocycles. The van der Waals surface area contributed by atoms with E-state index in [-0.39, 0.29) is 0 Å². The van der Waals surface area contributed by atoms with Crippen LogP contribution in [0.3, 0.4) is 0 Å². The standard InChI is InChI=1S/C16H23NO3/c1-12(17-9-14-6-7-18-10-14)2-3-13-4-5-15-16(8-13)20-11-19-15/h4-5,8,12,14,17H,2-3,6-7,9-11H2,1H3. The van der Waals surface area contributed by atoms with E-state index in [0.29, 0.717) is 18.8 Å². The van der Waals surface area contributed by atoms with Crippen molar-refractivity contribution in [1.29, 1.82) is 0 Å². The van der Waals surface area contributed by atoms with E-state index in [0.717, 1.165) is 44.1 Å². The summed E-state index contributed by atoms with van der Waals surface area (Å²) in [6.45, 7) is 5.52. The summed E-state index contributed by atoms with van der Waals surface area (Å²) < 4.78 is 16.1. The third-order valence-corrected chi connectivity index (χ3v) is 4.08. The van der Waals surface area contributed by atoms with E-state index in [1.807, 2.05) is 6.07 Å². The Labute approximate surface area is 120 Å². The lowest BCUT2D eigenvalue weighted by Gasteiger charge is -2.16. The van der Waals surface area contributed by atoms with Crippen molar-refractivity contribution in [2.24, 2.45) is 5.92 Å². The highest BCUT2D eigenvalue weighted by molar-refractivity contribution is 5.44. The van der Waals surface area contributed by atoms with Crippen LogP contribution < -0.4 is 14.8 Å². The van der Waals surface area contributed by atoms with Crippen LogP contribution in [0.2, 0.25) is 0 Å². The molecule has 2 aliphatic heterocycles. The van der Waals surface area contributed by atoms with Gasteiger partial charge in [-0.3, -0.25) is 0 Å². The molecule has 110 valence electrons. The summed E-state index contributed by atoms with van der Waals surface area (Å²) in [5, 5.41) is 3.61. The van der Waals surface area contributed by atoms with Gasteiger partial charge in [-0.05, 0) is 49.8 Å². The first-order valence-corrected chi connectivity index (χ1v) is 7.51. The van der Waals surface area contributed by atoms with Gasteiger partial charge in [0.1, 0.15) is 0 Å². The highest BCUT2D eigenvalue weighted by Crippen LogP contribution is 2.32. The van der Waals surface area contributed by atoms with Crippen molar-refractivity contribution in [2.75, 3.05) is 26.6 Å². The zero-order valence-electron chi connectivity index (χ0n) is 12.1. The summed E-state index contributed by atoms with van der Waals surface area (Å²) in [5.74, 6) is 2.44. The summed E-state index contributed by atoms with van der Waals surface area (Å²) in [4.78, 5) is 0. The quantitative estimate of drug-likeness (QED) is 0.866. The summed E-state index contributed by atoms with van der Waals surface area (Å²) >= 11 is 0. The molecule has 20 heavy (non-hydrogen) atoms. The molecule has 0 aromatic heterocycles. The van der Waals surface area contributed by atoms with Gasteiger partial charge >= 0.3 is 0 Å². The number of benzene rings is 1. The van der Waals surface area contributed by atoms with Crippen molar-refractivity contribution >= 4 is 0 Å². The Morgan fingerprint density at radius 3 is 3.05 bits per heavy atom. The zero-order chi connectivity index (χ0) is 13.8. The molecule has 0 spiro atoms. The predicted molar refractivity (Wildman–Crippen MR) is 77.3 cm³/mol. The number of rotatable bonds is 6. The van der Waals surface area contributed by atoms with Gasteiger partial charge in [-0.15, -0.1) is 0 Å². The number of fused-ring (bicyclic) bond motifs is 1. The Balaban J connectivity index is 1.41. The van der Waals surface area contributed by atoms with Gasteiger partial charge in [-0.2, -0.15) is 0 Å². The Morgan fingerprint density at radius 2 is 2.20 bits per heavy atom. The SMILES string of the molecule is CC(CCc1ccc2c(c1)OCO2)NCC1CCOC1. The predicted octanol–water partition coefficient (Wildman–Crippen LogP) is 2.36. The first-order chi connectivity index (χ1) is 9.81. The molecule has 0 amide bonds. The highest BCUT2D eigenvalue weighted by Gasteiger charge is 2.16. The average Bonchev–Trinajstić information content (AvgIpc) is 3.13. The molecule has 0 saturated carbocycles. The summed E-state index contributed by atoms with van der Waals surface area (Å²) in [6, 6.07) is 6.76. The average molecular weight is 277 g/mol. The van der Waals surface area contributed by atoms with Crippen molar-refractivity contribution in [1.82, 2.24) is 5.32 Å². The second-order valence-electron chi connectivity index (χ2n) is 5.77. The first kappa shape index (κ1) is 13.7. The molecule has 2 atom stereocenters. The molecule has 1 aromatic carbocycles. The lowest BCUT2D eigenvalue weighted by molar-refractivity contribution is 0.174. The molecule has 1 aromatic rings. The Kier molecular flexibility index (Phi) is 4.43. The number of hydrogen-bond acceptors (Lipinski definition) is 4. The molecule has 4 heteroatoms. The number of nitrogens with one attached hydrogen (secondary N) is 1. The van der Waals surface area contributed by atoms with E-state index in [4.69, 9.17) is 14.2 Å². The van der Waals surface area contributed by atoms with Crippen molar-refractivity contribution in [3.8, 4) is 11.5 Å². The van der Waals surface area contributed by atoms with E-state index in [1.165, 1.54) is 12.0 Å². The molecule has 2 aliphatic rings. The van der Waals surface area contributed by atoms with Crippen LogP contribution in [0.15, 0.2) is 18.2 Å². The third kappa shape index (κ3) is 3.44. The van der Waals surface area contributed by atoms with E-state index >= 15 is 0 Å².